The van der Waals surface area contributed by atoms with Crippen molar-refractivity contribution in [2.24, 2.45) is 5.10 Å². The first-order valence-corrected chi connectivity index (χ1v) is 9.34. The minimum atomic E-state index is -0.430. The number of hydrogen-bond acceptors (Lipinski definition) is 5. The lowest BCUT2D eigenvalue weighted by Gasteiger charge is -2.09. The van der Waals surface area contributed by atoms with Gasteiger partial charge in [0.2, 0.25) is 5.91 Å². The maximum absolute atomic E-state index is 12.4. The first-order valence-electron chi connectivity index (χ1n) is 9.34. The Kier molecular flexibility index (Phi) is 6.64. The molecule has 0 aliphatic heterocycles. The molecule has 0 aliphatic carbocycles. The van der Waals surface area contributed by atoms with Crippen molar-refractivity contribution in [3.8, 4) is 11.5 Å². The van der Waals surface area contributed by atoms with Crippen molar-refractivity contribution >= 4 is 34.0 Å². The SMILES string of the molecule is COc1cc(OC)cc(C(=O)N/N=C(/C)CC(=O)Nc2cccc3ccccc23)c1. The standard InChI is InChI=1S/C23H23N3O4/c1-15(25-26-23(28)17-12-18(29-2)14-19(13-17)30-3)11-22(27)24-21-10-6-8-16-7-4-5-9-20(16)21/h4-10,12-14H,11H2,1-3H3,(H,24,27)(H,26,28)/b25-15-. The maximum atomic E-state index is 12.4. The van der Waals surface area contributed by atoms with Gasteiger partial charge < -0.3 is 14.8 Å². The predicted octanol–water partition coefficient (Wildman–Crippen LogP) is 3.99. The molecule has 0 aromatic heterocycles. The average molecular weight is 405 g/mol. The van der Waals surface area contributed by atoms with E-state index in [0.29, 0.717) is 22.8 Å². The van der Waals surface area contributed by atoms with Gasteiger partial charge in [-0.2, -0.15) is 5.10 Å². The van der Waals surface area contributed by atoms with Gasteiger partial charge in [-0.25, -0.2) is 5.43 Å². The first-order chi connectivity index (χ1) is 14.5. The summed E-state index contributed by atoms with van der Waals surface area (Å²) in [4.78, 5) is 24.8. The van der Waals surface area contributed by atoms with Crippen LogP contribution in [0.3, 0.4) is 0 Å². The van der Waals surface area contributed by atoms with Gasteiger partial charge in [0.05, 0.1) is 20.6 Å². The zero-order chi connectivity index (χ0) is 21.5. The molecule has 0 aliphatic rings. The number of rotatable bonds is 7. The third kappa shape index (κ3) is 5.14. The normalized spacial score (nSPS) is 11.1. The summed E-state index contributed by atoms with van der Waals surface area (Å²) in [7, 11) is 3.01. The molecule has 0 fully saturated rings. The fraction of sp³-hybridized carbons (Fsp3) is 0.174. The number of nitrogens with zero attached hydrogens (tertiary/aromatic N) is 1. The van der Waals surface area contributed by atoms with Crippen LogP contribution in [0.25, 0.3) is 10.8 Å². The van der Waals surface area contributed by atoms with Crippen LogP contribution in [-0.4, -0.2) is 31.7 Å². The second-order valence-corrected chi connectivity index (χ2v) is 6.64. The smallest absolute Gasteiger partial charge is 0.271 e. The first kappa shape index (κ1) is 20.9. The molecule has 3 aromatic rings. The molecule has 0 saturated carbocycles. The maximum Gasteiger partial charge on any atom is 0.271 e. The molecule has 0 radical (unpaired) electrons. The molecule has 0 atom stereocenters. The highest BCUT2D eigenvalue weighted by atomic mass is 16.5. The van der Waals surface area contributed by atoms with Crippen molar-refractivity contribution in [2.75, 3.05) is 19.5 Å². The number of fused-ring (bicyclic) bond motifs is 1. The van der Waals surface area contributed by atoms with Gasteiger partial charge in [-0.1, -0.05) is 36.4 Å². The van der Waals surface area contributed by atoms with E-state index in [4.69, 9.17) is 9.47 Å². The predicted molar refractivity (Wildman–Crippen MR) is 117 cm³/mol. The van der Waals surface area contributed by atoms with E-state index < -0.39 is 5.91 Å². The van der Waals surface area contributed by atoms with Gasteiger partial charge in [0, 0.05) is 28.4 Å². The topological polar surface area (TPSA) is 89.0 Å². The molecule has 3 aromatic carbocycles. The lowest BCUT2D eigenvalue weighted by atomic mass is 10.1. The second kappa shape index (κ2) is 9.56. The number of benzene rings is 3. The molecule has 30 heavy (non-hydrogen) atoms. The molecule has 7 heteroatoms. The van der Waals surface area contributed by atoms with Gasteiger partial charge in [-0.3, -0.25) is 9.59 Å². The van der Waals surface area contributed by atoms with Crippen molar-refractivity contribution < 1.29 is 19.1 Å². The summed E-state index contributed by atoms with van der Waals surface area (Å²) in [6, 6.07) is 18.4. The van der Waals surface area contributed by atoms with Crippen molar-refractivity contribution in [1.82, 2.24) is 5.43 Å². The van der Waals surface area contributed by atoms with Crippen LogP contribution >= 0.6 is 0 Å². The van der Waals surface area contributed by atoms with E-state index in [1.165, 1.54) is 14.2 Å². The minimum absolute atomic E-state index is 0.0466. The highest BCUT2D eigenvalue weighted by Gasteiger charge is 2.11. The van der Waals surface area contributed by atoms with Gasteiger partial charge in [0.15, 0.2) is 0 Å². The molecular formula is C23H23N3O4. The molecule has 3 rings (SSSR count). The summed E-state index contributed by atoms with van der Waals surface area (Å²) in [6.07, 6.45) is 0.0466. The van der Waals surface area contributed by atoms with E-state index >= 15 is 0 Å². The third-order valence-electron chi connectivity index (χ3n) is 4.44. The number of carbonyl (C=O) groups is 2. The number of hydrazone groups is 1. The Hall–Kier alpha value is -3.87. The Balaban J connectivity index is 1.63. The molecule has 0 saturated heterocycles. The molecule has 2 amide bonds. The zero-order valence-electron chi connectivity index (χ0n) is 17.1. The Morgan fingerprint density at radius 3 is 2.30 bits per heavy atom. The molecule has 0 unspecified atom stereocenters. The molecule has 154 valence electrons. The van der Waals surface area contributed by atoms with E-state index in [-0.39, 0.29) is 12.3 Å². The van der Waals surface area contributed by atoms with Gasteiger partial charge in [0.25, 0.3) is 5.91 Å². The quantitative estimate of drug-likeness (QED) is 0.459. The Bertz CT molecular complexity index is 1080. The second-order valence-electron chi connectivity index (χ2n) is 6.64. The molecule has 2 N–H and O–H groups in total. The van der Waals surface area contributed by atoms with Gasteiger partial charge in [0.1, 0.15) is 11.5 Å². The Morgan fingerprint density at radius 2 is 1.60 bits per heavy atom. The third-order valence-corrected chi connectivity index (χ3v) is 4.44. The summed E-state index contributed by atoms with van der Waals surface area (Å²) in [5.74, 6) is 0.343. The molecule has 0 heterocycles. The van der Waals surface area contributed by atoms with Crippen LogP contribution in [0.5, 0.6) is 11.5 Å². The Morgan fingerprint density at radius 1 is 0.933 bits per heavy atom. The van der Waals surface area contributed by atoms with Crippen LogP contribution in [-0.2, 0) is 4.79 Å². The van der Waals surface area contributed by atoms with Crippen LogP contribution in [0.15, 0.2) is 65.8 Å². The minimum Gasteiger partial charge on any atom is -0.497 e. The summed E-state index contributed by atoms with van der Waals surface area (Å²) in [5, 5.41) is 8.93. The number of nitrogens with one attached hydrogen (secondary N) is 2. The van der Waals surface area contributed by atoms with Gasteiger partial charge in [-0.05, 0) is 30.5 Å². The Labute approximate surface area is 174 Å². The fourth-order valence-electron chi connectivity index (χ4n) is 2.95. The average Bonchev–Trinajstić information content (AvgIpc) is 2.77. The number of anilines is 1. The van der Waals surface area contributed by atoms with Crippen molar-refractivity contribution in [1.29, 1.82) is 0 Å². The number of hydrogen-bond donors (Lipinski definition) is 2. The van der Waals surface area contributed by atoms with Crippen LogP contribution in [0.4, 0.5) is 5.69 Å². The van der Waals surface area contributed by atoms with E-state index in [9.17, 15) is 9.59 Å². The monoisotopic (exact) mass is 405 g/mol. The molecule has 7 nitrogen and oxygen atoms in total. The lowest BCUT2D eigenvalue weighted by molar-refractivity contribution is -0.115. The van der Waals surface area contributed by atoms with E-state index in [1.54, 1.807) is 25.1 Å². The summed E-state index contributed by atoms with van der Waals surface area (Å²) in [5.41, 5.74) is 4.00. The van der Waals surface area contributed by atoms with E-state index in [0.717, 1.165) is 16.5 Å². The highest BCUT2D eigenvalue weighted by molar-refractivity contribution is 6.09. The highest BCUT2D eigenvalue weighted by Crippen LogP contribution is 2.23. The lowest BCUT2D eigenvalue weighted by Crippen LogP contribution is -2.21. The fourth-order valence-corrected chi connectivity index (χ4v) is 2.95. The van der Waals surface area contributed by atoms with E-state index in [2.05, 4.69) is 15.8 Å². The van der Waals surface area contributed by atoms with Gasteiger partial charge in [-0.15, -0.1) is 0 Å². The van der Waals surface area contributed by atoms with E-state index in [1.807, 2.05) is 42.5 Å². The van der Waals surface area contributed by atoms with Crippen molar-refractivity contribution in [2.45, 2.75) is 13.3 Å². The number of ether oxygens (including phenoxy) is 2. The number of methoxy groups -OCH3 is 2. The van der Waals surface area contributed by atoms with Crippen LogP contribution < -0.4 is 20.2 Å². The zero-order valence-corrected chi connectivity index (χ0v) is 17.1. The number of carbonyl (C=O) groups excluding carboxylic acids is 2. The molecule has 0 spiro atoms. The number of amides is 2. The molecular weight excluding hydrogens is 382 g/mol. The van der Waals surface area contributed by atoms with Crippen molar-refractivity contribution in [3.63, 3.8) is 0 Å². The largest absolute Gasteiger partial charge is 0.497 e. The molecule has 0 bridgehead atoms. The van der Waals surface area contributed by atoms with Crippen LogP contribution in [0, 0.1) is 0 Å². The van der Waals surface area contributed by atoms with Crippen molar-refractivity contribution in [3.05, 3.63) is 66.2 Å². The summed E-state index contributed by atoms with van der Waals surface area (Å²) >= 11 is 0. The summed E-state index contributed by atoms with van der Waals surface area (Å²) < 4.78 is 10.3. The summed E-state index contributed by atoms with van der Waals surface area (Å²) in [6.45, 7) is 1.68. The van der Waals surface area contributed by atoms with Crippen LogP contribution in [0.1, 0.15) is 23.7 Å². The van der Waals surface area contributed by atoms with Gasteiger partial charge >= 0.3 is 0 Å². The van der Waals surface area contributed by atoms with Crippen LogP contribution in [0.2, 0.25) is 0 Å².